The molecule has 20 heavy (non-hydrogen) atoms. The minimum atomic E-state index is -3.75. The number of aliphatic hydroxyl groups is 1. The quantitative estimate of drug-likeness (QED) is 0.912. The second kappa shape index (κ2) is 4.80. The Balaban J connectivity index is 2.16. The normalized spacial score (nSPS) is 19.3. The highest BCUT2D eigenvalue weighted by Crippen LogP contribution is 2.45. The van der Waals surface area contributed by atoms with Gasteiger partial charge in [-0.25, -0.2) is 0 Å². The number of alkyl halides is 2. The summed E-state index contributed by atoms with van der Waals surface area (Å²) in [6.07, 6.45) is 3.64. The molecular formula is C13H19F2N3O2. The van der Waals surface area contributed by atoms with Gasteiger partial charge in [-0.15, -0.1) is 0 Å². The highest BCUT2D eigenvalue weighted by atomic mass is 19.3. The summed E-state index contributed by atoms with van der Waals surface area (Å²) in [5.41, 5.74) is -1.52. The molecule has 1 fully saturated rings. The second-order valence-corrected chi connectivity index (χ2v) is 5.50. The number of aromatic nitrogens is 2. The first kappa shape index (κ1) is 14.9. The van der Waals surface area contributed by atoms with E-state index in [2.05, 4.69) is 5.10 Å². The van der Waals surface area contributed by atoms with E-state index in [4.69, 9.17) is 0 Å². The Kier molecular flexibility index (Phi) is 3.58. The molecule has 1 heterocycles. The van der Waals surface area contributed by atoms with Crippen molar-refractivity contribution in [2.75, 3.05) is 7.05 Å². The monoisotopic (exact) mass is 287 g/mol. The van der Waals surface area contributed by atoms with Gasteiger partial charge in [-0.2, -0.15) is 13.9 Å². The molecule has 1 N–H and O–H groups in total. The Hall–Kier alpha value is -1.50. The van der Waals surface area contributed by atoms with E-state index in [1.165, 1.54) is 13.2 Å². The number of hydrogen-bond donors (Lipinski definition) is 1. The van der Waals surface area contributed by atoms with Crippen molar-refractivity contribution in [2.45, 2.75) is 43.8 Å². The molecule has 0 aliphatic heterocycles. The molecule has 2 rings (SSSR count). The Morgan fingerprint density at radius 2 is 2.20 bits per heavy atom. The molecule has 7 heteroatoms. The van der Waals surface area contributed by atoms with Crippen molar-refractivity contribution in [1.29, 1.82) is 0 Å². The van der Waals surface area contributed by atoms with Gasteiger partial charge in [-0.05, 0) is 26.2 Å². The number of carbonyl (C=O) groups is 1. The lowest BCUT2D eigenvalue weighted by Gasteiger charge is -2.43. The summed E-state index contributed by atoms with van der Waals surface area (Å²) in [7, 11) is 3.03. The molecule has 0 aromatic carbocycles. The van der Waals surface area contributed by atoms with Gasteiger partial charge in [0.25, 0.3) is 5.91 Å². The maximum atomic E-state index is 14.1. The number of nitrogens with zero attached hydrogens (tertiary/aromatic N) is 3. The molecule has 112 valence electrons. The van der Waals surface area contributed by atoms with Crippen LogP contribution in [0.15, 0.2) is 12.4 Å². The highest BCUT2D eigenvalue weighted by molar-refractivity contribution is 5.85. The molecule has 5 nitrogen and oxygen atoms in total. The predicted molar refractivity (Wildman–Crippen MR) is 68.1 cm³/mol. The van der Waals surface area contributed by atoms with Crippen molar-refractivity contribution >= 4 is 5.91 Å². The van der Waals surface area contributed by atoms with Crippen molar-refractivity contribution in [3.05, 3.63) is 18.0 Å². The van der Waals surface area contributed by atoms with Crippen LogP contribution in [0.3, 0.4) is 0 Å². The molecule has 1 aliphatic rings. The van der Waals surface area contributed by atoms with Crippen LogP contribution in [0.4, 0.5) is 8.78 Å². The summed E-state index contributed by atoms with van der Waals surface area (Å²) in [6.45, 7) is 1.65. The zero-order valence-corrected chi connectivity index (χ0v) is 11.8. The highest BCUT2D eigenvalue weighted by Gasteiger charge is 2.62. The van der Waals surface area contributed by atoms with Crippen molar-refractivity contribution < 1.29 is 18.7 Å². The van der Waals surface area contributed by atoms with E-state index in [0.717, 1.165) is 4.90 Å². The van der Waals surface area contributed by atoms with Crippen molar-refractivity contribution in [1.82, 2.24) is 14.7 Å². The third kappa shape index (κ3) is 2.19. The molecule has 1 aliphatic carbocycles. The number of aryl methyl sites for hydroxylation is 1. The summed E-state index contributed by atoms with van der Waals surface area (Å²) in [6, 6.07) is -0.536. The molecule has 1 aromatic rings. The van der Waals surface area contributed by atoms with E-state index in [1.807, 2.05) is 0 Å². The van der Waals surface area contributed by atoms with Gasteiger partial charge in [0.2, 0.25) is 0 Å². The standard InChI is InChI=1S/C13H19F2N3O2/c1-9(10-7-16-17(2)8-10)18(3)11(19)13(14,15)12(20)5-4-6-12/h7-9,20H,4-6H2,1-3H3. The first-order valence-corrected chi connectivity index (χ1v) is 6.55. The van der Waals surface area contributed by atoms with Gasteiger partial charge in [0.1, 0.15) is 5.60 Å². The van der Waals surface area contributed by atoms with Gasteiger partial charge in [0.05, 0.1) is 12.2 Å². The van der Waals surface area contributed by atoms with Gasteiger partial charge in [-0.1, -0.05) is 0 Å². The maximum Gasteiger partial charge on any atom is 0.352 e. The SMILES string of the molecule is CC(c1cnn(C)c1)N(C)C(=O)C(F)(F)C1(O)CCC1. The van der Waals surface area contributed by atoms with Crippen molar-refractivity contribution in [3.63, 3.8) is 0 Å². The number of rotatable bonds is 4. The average molecular weight is 287 g/mol. The smallest absolute Gasteiger partial charge is 0.352 e. The molecule has 0 radical (unpaired) electrons. The van der Waals surface area contributed by atoms with Gasteiger partial charge >= 0.3 is 5.92 Å². The lowest BCUT2D eigenvalue weighted by atomic mass is 9.75. The lowest BCUT2D eigenvalue weighted by molar-refractivity contribution is -0.223. The molecular weight excluding hydrogens is 268 g/mol. The fourth-order valence-corrected chi connectivity index (χ4v) is 2.30. The molecule has 1 unspecified atom stereocenters. The van der Waals surface area contributed by atoms with Crippen molar-refractivity contribution in [3.8, 4) is 0 Å². The van der Waals surface area contributed by atoms with Gasteiger partial charge in [0, 0.05) is 25.9 Å². The van der Waals surface area contributed by atoms with Crippen LogP contribution in [0.25, 0.3) is 0 Å². The topological polar surface area (TPSA) is 58.4 Å². The zero-order chi connectivity index (χ0) is 15.1. The number of amides is 1. The van der Waals surface area contributed by atoms with E-state index in [-0.39, 0.29) is 12.8 Å². The first-order valence-electron chi connectivity index (χ1n) is 6.55. The predicted octanol–water partition coefficient (Wildman–Crippen LogP) is 1.49. The molecule has 1 saturated carbocycles. The average Bonchev–Trinajstić information content (AvgIpc) is 2.79. The van der Waals surface area contributed by atoms with Gasteiger partial charge in [0.15, 0.2) is 0 Å². The third-order valence-corrected chi connectivity index (χ3v) is 4.14. The Morgan fingerprint density at radius 1 is 1.60 bits per heavy atom. The van der Waals surface area contributed by atoms with Crippen LogP contribution in [-0.2, 0) is 11.8 Å². The Morgan fingerprint density at radius 3 is 2.60 bits per heavy atom. The van der Waals surface area contributed by atoms with Gasteiger partial charge in [-0.3, -0.25) is 9.48 Å². The maximum absolute atomic E-state index is 14.1. The molecule has 0 spiro atoms. The van der Waals surface area contributed by atoms with Crippen LogP contribution in [0.2, 0.25) is 0 Å². The van der Waals surface area contributed by atoms with Crippen LogP contribution in [0.5, 0.6) is 0 Å². The van der Waals surface area contributed by atoms with Crippen molar-refractivity contribution in [2.24, 2.45) is 7.05 Å². The molecule has 1 atom stereocenters. The van der Waals surface area contributed by atoms with E-state index in [9.17, 15) is 18.7 Å². The fourth-order valence-electron chi connectivity index (χ4n) is 2.30. The van der Waals surface area contributed by atoms with Crippen LogP contribution in [0.1, 0.15) is 37.8 Å². The van der Waals surface area contributed by atoms with Crippen LogP contribution >= 0.6 is 0 Å². The first-order chi connectivity index (χ1) is 9.19. The summed E-state index contributed by atoms with van der Waals surface area (Å²) in [5.74, 6) is -5.10. The summed E-state index contributed by atoms with van der Waals surface area (Å²) < 4.78 is 29.8. The summed E-state index contributed by atoms with van der Waals surface area (Å²) in [5, 5.41) is 13.8. The Bertz CT molecular complexity index is 511. The molecule has 1 amide bonds. The lowest BCUT2D eigenvalue weighted by Crippen LogP contribution is -2.61. The third-order valence-electron chi connectivity index (χ3n) is 4.14. The van der Waals surface area contributed by atoms with Gasteiger partial charge < -0.3 is 10.0 Å². The summed E-state index contributed by atoms with van der Waals surface area (Å²) >= 11 is 0. The van der Waals surface area contributed by atoms with E-state index in [0.29, 0.717) is 12.0 Å². The number of hydrogen-bond acceptors (Lipinski definition) is 3. The van der Waals surface area contributed by atoms with E-state index >= 15 is 0 Å². The second-order valence-electron chi connectivity index (χ2n) is 5.50. The minimum Gasteiger partial charge on any atom is -0.383 e. The van der Waals surface area contributed by atoms with Crippen LogP contribution < -0.4 is 0 Å². The zero-order valence-electron chi connectivity index (χ0n) is 11.8. The number of carbonyl (C=O) groups excluding carboxylic acids is 1. The van der Waals surface area contributed by atoms with Crippen LogP contribution in [0, 0.1) is 0 Å². The van der Waals surface area contributed by atoms with E-state index < -0.39 is 23.5 Å². The summed E-state index contributed by atoms with van der Waals surface area (Å²) in [4.78, 5) is 13.0. The van der Waals surface area contributed by atoms with E-state index in [1.54, 1.807) is 24.9 Å². The Labute approximate surface area is 116 Å². The molecule has 0 bridgehead atoms. The minimum absolute atomic E-state index is 0.0408. The number of halogens is 2. The fraction of sp³-hybridized carbons (Fsp3) is 0.692. The molecule has 0 saturated heterocycles. The largest absolute Gasteiger partial charge is 0.383 e. The molecule has 1 aromatic heterocycles. The van der Waals surface area contributed by atoms with Crippen LogP contribution in [-0.4, -0.2) is 44.3 Å².